The average Bonchev–Trinajstić information content (AvgIpc) is 3.27. The average molecular weight is 855 g/mol. The van der Waals surface area contributed by atoms with E-state index in [0.29, 0.717) is 19.4 Å². The molecule has 0 N–H and O–H groups in total. The highest BCUT2D eigenvalue weighted by Crippen LogP contribution is 2.12. The van der Waals surface area contributed by atoms with Crippen molar-refractivity contribution in [1.29, 1.82) is 0 Å². The Kier molecular flexibility index (Phi) is 48.1. The van der Waals surface area contributed by atoms with E-state index in [1.54, 1.807) is 0 Å². The molecule has 0 radical (unpaired) electrons. The van der Waals surface area contributed by atoms with Crippen molar-refractivity contribution in [3.8, 4) is 0 Å². The first-order valence-corrected chi connectivity index (χ1v) is 24.7. The molecule has 0 aromatic rings. The summed E-state index contributed by atoms with van der Waals surface area (Å²) in [6, 6.07) is 0. The van der Waals surface area contributed by atoms with Gasteiger partial charge in [-0.05, 0) is 103 Å². The SMILES string of the molecule is CC/C=C\C/C=C\C/C=C\C/C=C\C/C=C\C/C=C\CCC(=O)OCC(COCCCC/C=C\C/C=C\C/C=C\C/C=C\C/C=C\CC)OC(=O)CCCCCCCCCCC. The first kappa shape index (κ1) is 58.0. The number of ether oxygens (including phenoxy) is 3. The van der Waals surface area contributed by atoms with E-state index in [4.69, 9.17) is 14.2 Å². The van der Waals surface area contributed by atoms with Crippen LogP contribution in [-0.2, 0) is 23.8 Å². The van der Waals surface area contributed by atoms with Crippen LogP contribution in [0.3, 0.4) is 0 Å². The Morgan fingerprint density at radius 1 is 0.371 bits per heavy atom. The van der Waals surface area contributed by atoms with Crippen molar-refractivity contribution in [2.45, 2.75) is 194 Å². The van der Waals surface area contributed by atoms with Gasteiger partial charge in [0.1, 0.15) is 6.61 Å². The van der Waals surface area contributed by atoms with Crippen LogP contribution < -0.4 is 0 Å². The van der Waals surface area contributed by atoms with Gasteiger partial charge in [0.15, 0.2) is 6.10 Å². The molecule has 0 bridgehead atoms. The molecule has 0 fully saturated rings. The van der Waals surface area contributed by atoms with Crippen molar-refractivity contribution in [3.63, 3.8) is 0 Å². The predicted octanol–water partition coefficient (Wildman–Crippen LogP) is 16.8. The van der Waals surface area contributed by atoms with Crippen LogP contribution in [0.15, 0.2) is 134 Å². The lowest BCUT2D eigenvalue weighted by Gasteiger charge is -2.18. The monoisotopic (exact) mass is 855 g/mol. The highest BCUT2D eigenvalue weighted by molar-refractivity contribution is 5.70. The summed E-state index contributed by atoms with van der Waals surface area (Å²) >= 11 is 0. The molecule has 0 spiro atoms. The maximum Gasteiger partial charge on any atom is 0.306 e. The van der Waals surface area contributed by atoms with E-state index in [2.05, 4.69) is 148 Å². The molecule has 62 heavy (non-hydrogen) atoms. The molecule has 1 unspecified atom stereocenters. The minimum atomic E-state index is -0.596. The zero-order valence-electron chi connectivity index (χ0n) is 39.8. The zero-order valence-corrected chi connectivity index (χ0v) is 39.8. The molecular formula is C57H90O5. The second-order valence-electron chi connectivity index (χ2n) is 15.6. The Bertz CT molecular complexity index is 1330. The van der Waals surface area contributed by atoms with Crippen LogP contribution in [0.2, 0.25) is 0 Å². The van der Waals surface area contributed by atoms with E-state index in [1.807, 2.05) is 6.08 Å². The Hall–Kier alpha value is -3.96. The molecular weight excluding hydrogens is 765 g/mol. The molecule has 0 aliphatic heterocycles. The number of hydrogen-bond donors (Lipinski definition) is 0. The molecule has 0 aliphatic rings. The maximum absolute atomic E-state index is 12.7. The predicted molar refractivity (Wildman–Crippen MR) is 269 cm³/mol. The molecule has 5 heteroatoms. The van der Waals surface area contributed by atoms with Crippen molar-refractivity contribution in [3.05, 3.63) is 134 Å². The fourth-order valence-electron chi connectivity index (χ4n) is 6.09. The van der Waals surface area contributed by atoms with Gasteiger partial charge in [0.25, 0.3) is 0 Å². The molecule has 0 saturated carbocycles. The quantitative estimate of drug-likeness (QED) is 0.0347. The number of rotatable bonds is 43. The van der Waals surface area contributed by atoms with Crippen molar-refractivity contribution in [2.75, 3.05) is 19.8 Å². The van der Waals surface area contributed by atoms with Gasteiger partial charge in [-0.25, -0.2) is 0 Å². The van der Waals surface area contributed by atoms with Crippen LogP contribution in [0.1, 0.15) is 188 Å². The summed E-state index contributed by atoms with van der Waals surface area (Å²) in [6.07, 6.45) is 73.4. The van der Waals surface area contributed by atoms with Crippen LogP contribution in [0, 0.1) is 0 Å². The highest BCUT2D eigenvalue weighted by atomic mass is 16.6. The Morgan fingerprint density at radius 2 is 0.758 bits per heavy atom. The third-order valence-corrected chi connectivity index (χ3v) is 9.70. The summed E-state index contributed by atoms with van der Waals surface area (Å²) in [5.74, 6) is -0.532. The van der Waals surface area contributed by atoms with E-state index in [-0.39, 0.29) is 31.6 Å². The minimum absolute atomic E-state index is 0.0200. The van der Waals surface area contributed by atoms with Gasteiger partial charge in [-0.1, -0.05) is 206 Å². The fraction of sp³-hybridized carbons (Fsp3) is 0.579. The van der Waals surface area contributed by atoms with Crippen molar-refractivity contribution in [1.82, 2.24) is 0 Å². The van der Waals surface area contributed by atoms with Crippen LogP contribution in [0.25, 0.3) is 0 Å². The lowest BCUT2D eigenvalue weighted by molar-refractivity contribution is -0.162. The van der Waals surface area contributed by atoms with E-state index >= 15 is 0 Å². The maximum atomic E-state index is 12.7. The number of hydrogen-bond acceptors (Lipinski definition) is 5. The number of carbonyl (C=O) groups is 2. The topological polar surface area (TPSA) is 61.8 Å². The fourth-order valence-corrected chi connectivity index (χ4v) is 6.09. The largest absolute Gasteiger partial charge is 0.462 e. The third kappa shape index (κ3) is 48.7. The van der Waals surface area contributed by atoms with Gasteiger partial charge in [0, 0.05) is 19.4 Å². The molecule has 348 valence electrons. The van der Waals surface area contributed by atoms with Crippen molar-refractivity contribution < 1.29 is 23.8 Å². The van der Waals surface area contributed by atoms with Gasteiger partial charge < -0.3 is 14.2 Å². The Labute approximate surface area is 381 Å². The first-order valence-electron chi connectivity index (χ1n) is 24.7. The summed E-state index contributed by atoms with van der Waals surface area (Å²) < 4.78 is 17.2. The van der Waals surface area contributed by atoms with Crippen LogP contribution in [0.5, 0.6) is 0 Å². The molecule has 1 atom stereocenters. The Morgan fingerprint density at radius 3 is 1.19 bits per heavy atom. The molecule has 0 heterocycles. The van der Waals surface area contributed by atoms with Gasteiger partial charge in [0.2, 0.25) is 0 Å². The van der Waals surface area contributed by atoms with E-state index in [0.717, 1.165) is 109 Å². The minimum Gasteiger partial charge on any atom is -0.462 e. The number of esters is 2. The molecule has 0 rings (SSSR count). The zero-order chi connectivity index (χ0) is 44.9. The summed E-state index contributed by atoms with van der Waals surface area (Å²) in [5, 5.41) is 0. The number of allylic oxidation sites excluding steroid dienone is 22. The highest BCUT2D eigenvalue weighted by Gasteiger charge is 2.17. The van der Waals surface area contributed by atoms with Gasteiger partial charge in [-0.2, -0.15) is 0 Å². The summed E-state index contributed by atoms with van der Waals surface area (Å²) in [6.45, 7) is 7.37. The van der Waals surface area contributed by atoms with Crippen LogP contribution >= 0.6 is 0 Å². The van der Waals surface area contributed by atoms with Crippen molar-refractivity contribution in [2.24, 2.45) is 0 Å². The van der Waals surface area contributed by atoms with Gasteiger partial charge in [-0.3, -0.25) is 9.59 Å². The van der Waals surface area contributed by atoms with Gasteiger partial charge >= 0.3 is 11.9 Å². The van der Waals surface area contributed by atoms with E-state index in [1.165, 1.54) is 38.5 Å². The second kappa shape index (κ2) is 51.4. The molecule has 0 aromatic heterocycles. The molecule has 0 aromatic carbocycles. The van der Waals surface area contributed by atoms with Gasteiger partial charge in [-0.15, -0.1) is 0 Å². The Balaban J connectivity index is 4.43. The standard InChI is InChI=1S/C57H90O5/c1-4-7-10-13-16-19-21-23-25-27-29-30-32-34-36-39-41-44-47-50-56(58)61-54-55(62-57(59)51-48-45-42-38-18-15-12-9-6-3)53-60-52-49-46-43-40-37-35-33-31-28-26-24-22-20-17-14-11-8-5-2/h7-8,10-11,16-17,19-20,23-26,29-31,33-34,36-37,40-41,44,55H,4-6,9,12-15,18,21-22,27-28,32,35,38-39,42-43,45-54H2,1-3H3/b10-7-,11-8-,19-16-,20-17-,25-23-,26-24-,30-29-,33-31-,36-34-,40-37-,44-41-. The molecule has 0 saturated heterocycles. The van der Waals surface area contributed by atoms with Gasteiger partial charge in [0.05, 0.1) is 6.61 Å². The van der Waals surface area contributed by atoms with Crippen LogP contribution in [0.4, 0.5) is 0 Å². The second-order valence-corrected chi connectivity index (χ2v) is 15.6. The molecule has 0 aliphatic carbocycles. The summed E-state index contributed by atoms with van der Waals surface area (Å²) in [4.78, 5) is 25.3. The lowest BCUT2D eigenvalue weighted by Crippen LogP contribution is -2.30. The van der Waals surface area contributed by atoms with E-state index < -0.39 is 6.10 Å². The van der Waals surface area contributed by atoms with E-state index in [9.17, 15) is 9.59 Å². The smallest absolute Gasteiger partial charge is 0.306 e. The molecule has 5 nitrogen and oxygen atoms in total. The summed E-state index contributed by atoms with van der Waals surface area (Å²) in [7, 11) is 0. The number of unbranched alkanes of at least 4 members (excludes halogenated alkanes) is 10. The van der Waals surface area contributed by atoms with Crippen molar-refractivity contribution >= 4 is 11.9 Å². The normalized spacial score (nSPS) is 13.4. The first-order chi connectivity index (χ1) is 30.6. The lowest BCUT2D eigenvalue weighted by atomic mass is 10.1. The summed E-state index contributed by atoms with van der Waals surface area (Å²) in [5.41, 5.74) is 0. The van der Waals surface area contributed by atoms with Crippen LogP contribution in [-0.4, -0.2) is 37.9 Å². The number of carbonyl (C=O) groups excluding carboxylic acids is 2. The third-order valence-electron chi connectivity index (χ3n) is 9.70. The molecule has 0 amide bonds.